The number of halogens is 3. The van der Waals surface area contributed by atoms with Crippen LogP contribution in [0.5, 0.6) is 0 Å². The van der Waals surface area contributed by atoms with Crippen LogP contribution in [0.4, 0.5) is 4.39 Å². The van der Waals surface area contributed by atoms with Gasteiger partial charge in [0.2, 0.25) is 0 Å². The van der Waals surface area contributed by atoms with Crippen molar-refractivity contribution < 1.29 is 4.39 Å². The van der Waals surface area contributed by atoms with Crippen molar-refractivity contribution in [2.24, 2.45) is 0 Å². The highest BCUT2D eigenvalue weighted by Gasteiger charge is 2.09. The first-order chi connectivity index (χ1) is 6.22. The molecule has 0 aliphatic heterocycles. The average Bonchev–Trinajstić information content (AvgIpc) is 2.56. The van der Waals surface area contributed by atoms with Crippen molar-refractivity contribution in [2.45, 2.75) is 5.33 Å². The zero-order chi connectivity index (χ0) is 9.42. The lowest BCUT2D eigenvalue weighted by Gasteiger charge is -1.92. The summed E-state index contributed by atoms with van der Waals surface area (Å²) in [6, 6.07) is 3.05. The molecule has 1 aromatic carbocycles. The number of hydrogen-bond acceptors (Lipinski definition) is 1. The maximum Gasteiger partial charge on any atom is 0.151 e. The van der Waals surface area contributed by atoms with Crippen LogP contribution in [-0.4, -0.2) is 9.97 Å². The summed E-state index contributed by atoms with van der Waals surface area (Å²) in [5, 5.41) is 0.591. The van der Waals surface area contributed by atoms with Gasteiger partial charge in [-0.25, -0.2) is 9.37 Å². The number of imidazole rings is 1. The third-order valence-electron chi connectivity index (χ3n) is 1.72. The van der Waals surface area contributed by atoms with Gasteiger partial charge in [-0.2, -0.15) is 0 Å². The molecule has 0 saturated carbocycles. The molecule has 0 radical (unpaired) electrons. The number of hydrogen-bond donors (Lipinski definition) is 1. The lowest BCUT2D eigenvalue weighted by Crippen LogP contribution is -1.78. The summed E-state index contributed by atoms with van der Waals surface area (Å²) < 4.78 is 14.0. The molecule has 0 amide bonds. The fraction of sp³-hybridized carbons (Fsp3) is 0.125. The minimum absolute atomic E-state index is 0.304. The summed E-state index contributed by atoms with van der Waals surface area (Å²) in [5.74, 6) is 0.419. The maximum atomic E-state index is 13.2. The van der Waals surface area contributed by atoms with Gasteiger partial charge in [-0.1, -0.05) is 15.9 Å². The summed E-state index contributed by atoms with van der Waals surface area (Å²) >= 11 is 6.57. The van der Waals surface area contributed by atoms with Gasteiger partial charge in [-0.15, -0.1) is 0 Å². The first kappa shape index (κ1) is 9.15. The molecule has 2 rings (SSSR count). The zero-order valence-electron chi connectivity index (χ0n) is 6.44. The number of nitrogens with one attached hydrogen (secondary N) is 1. The summed E-state index contributed by atoms with van der Waals surface area (Å²) in [4.78, 5) is 7.09. The van der Waals surface area contributed by atoms with Crippen LogP contribution in [0.15, 0.2) is 16.6 Å². The van der Waals surface area contributed by atoms with Crippen molar-refractivity contribution in [1.82, 2.24) is 9.97 Å². The predicted molar refractivity (Wildman–Crippen MR) is 56.4 cm³/mol. The van der Waals surface area contributed by atoms with E-state index in [2.05, 4.69) is 41.8 Å². The molecule has 13 heavy (non-hydrogen) atoms. The normalized spacial score (nSPS) is 11.0. The smallest absolute Gasteiger partial charge is 0.151 e. The average molecular weight is 308 g/mol. The largest absolute Gasteiger partial charge is 0.340 e. The Balaban J connectivity index is 2.80. The van der Waals surface area contributed by atoms with Crippen molar-refractivity contribution in [3.8, 4) is 0 Å². The van der Waals surface area contributed by atoms with Crippen molar-refractivity contribution in [3.05, 3.63) is 28.2 Å². The number of fused-ring (bicyclic) bond motifs is 1. The van der Waals surface area contributed by atoms with Gasteiger partial charge in [0.1, 0.15) is 11.3 Å². The molecule has 1 aromatic heterocycles. The molecular formula is C8H5Br2FN2. The highest BCUT2D eigenvalue weighted by molar-refractivity contribution is 9.10. The van der Waals surface area contributed by atoms with Crippen LogP contribution in [0.2, 0.25) is 0 Å². The van der Waals surface area contributed by atoms with Gasteiger partial charge in [0, 0.05) is 4.47 Å². The second kappa shape index (κ2) is 3.38. The van der Waals surface area contributed by atoms with Crippen LogP contribution in [0.25, 0.3) is 11.0 Å². The zero-order valence-corrected chi connectivity index (χ0v) is 9.61. The minimum atomic E-state index is -0.304. The van der Waals surface area contributed by atoms with Crippen LogP contribution in [0, 0.1) is 5.82 Å². The van der Waals surface area contributed by atoms with E-state index in [-0.39, 0.29) is 5.82 Å². The molecule has 0 spiro atoms. The third-order valence-corrected chi connectivity index (χ3v) is 2.91. The molecule has 0 fully saturated rings. The van der Waals surface area contributed by atoms with Crippen LogP contribution < -0.4 is 0 Å². The van der Waals surface area contributed by atoms with Crippen molar-refractivity contribution in [1.29, 1.82) is 0 Å². The second-order valence-electron chi connectivity index (χ2n) is 2.57. The molecule has 0 saturated heterocycles. The number of alkyl halides is 1. The Hall–Kier alpha value is -0.420. The summed E-state index contributed by atoms with van der Waals surface area (Å²) in [6.45, 7) is 0. The standard InChI is InChI=1S/C8H5Br2FN2/c9-3-6-12-7-4(10)1-2-5(11)8(7)13-6/h1-2H,3H2,(H,12,13). The Morgan fingerprint density at radius 3 is 2.85 bits per heavy atom. The number of H-pyrrole nitrogens is 1. The van der Waals surface area contributed by atoms with E-state index >= 15 is 0 Å². The summed E-state index contributed by atoms with van der Waals surface area (Å²) in [6.07, 6.45) is 0. The van der Waals surface area contributed by atoms with E-state index in [1.807, 2.05) is 0 Å². The molecular weight excluding hydrogens is 303 g/mol. The third kappa shape index (κ3) is 1.50. The summed E-state index contributed by atoms with van der Waals surface area (Å²) in [5.41, 5.74) is 1.08. The number of aromatic nitrogens is 2. The van der Waals surface area contributed by atoms with E-state index in [1.165, 1.54) is 6.07 Å². The van der Waals surface area contributed by atoms with Crippen molar-refractivity contribution in [2.75, 3.05) is 0 Å². The fourth-order valence-electron chi connectivity index (χ4n) is 1.14. The molecule has 1 N–H and O–H groups in total. The number of rotatable bonds is 1. The molecule has 0 aliphatic rings. The molecule has 0 bridgehead atoms. The van der Waals surface area contributed by atoms with E-state index < -0.39 is 0 Å². The number of nitrogens with zero attached hydrogens (tertiary/aromatic N) is 1. The van der Waals surface area contributed by atoms with Gasteiger partial charge in [-0.05, 0) is 28.1 Å². The monoisotopic (exact) mass is 306 g/mol. The Morgan fingerprint density at radius 2 is 2.23 bits per heavy atom. The topological polar surface area (TPSA) is 28.7 Å². The molecule has 2 aromatic rings. The van der Waals surface area contributed by atoms with E-state index in [0.29, 0.717) is 16.4 Å². The Labute approximate surface area is 90.8 Å². The molecule has 2 nitrogen and oxygen atoms in total. The molecule has 0 atom stereocenters. The highest BCUT2D eigenvalue weighted by atomic mass is 79.9. The van der Waals surface area contributed by atoms with Gasteiger partial charge < -0.3 is 4.98 Å². The van der Waals surface area contributed by atoms with Crippen LogP contribution >= 0.6 is 31.9 Å². The second-order valence-corrected chi connectivity index (χ2v) is 3.99. The first-order valence-corrected chi connectivity index (χ1v) is 5.52. The van der Waals surface area contributed by atoms with Crippen LogP contribution in [0.3, 0.4) is 0 Å². The summed E-state index contributed by atoms with van der Waals surface area (Å²) in [7, 11) is 0. The Bertz CT molecular complexity index is 414. The Morgan fingerprint density at radius 1 is 1.46 bits per heavy atom. The van der Waals surface area contributed by atoms with E-state index in [1.54, 1.807) is 6.07 Å². The van der Waals surface area contributed by atoms with Gasteiger partial charge in [0.15, 0.2) is 5.82 Å². The molecule has 1 heterocycles. The minimum Gasteiger partial charge on any atom is -0.340 e. The highest BCUT2D eigenvalue weighted by Crippen LogP contribution is 2.24. The van der Waals surface area contributed by atoms with E-state index in [0.717, 1.165) is 10.3 Å². The Kier molecular flexibility index (Phi) is 2.38. The molecule has 0 unspecified atom stereocenters. The number of aromatic amines is 1. The lowest BCUT2D eigenvalue weighted by molar-refractivity contribution is 0.637. The maximum absolute atomic E-state index is 13.2. The predicted octanol–water partition coefficient (Wildman–Crippen LogP) is 3.36. The number of benzene rings is 1. The van der Waals surface area contributed by atoms with Crippen molar-refractivity contribution >= 4 is 42.9 Å². The first-order valence-electron chi connectivity index (χ1n) is 3.61. The quantitative estimate of drug-likeness (QED) is 0.804. The van der Waals surface area contributed by atoms with Crippen LogP contribution in [-0.2, 0) is 5.33 Å². The SMILES string of the molecule is Fc1ccc(Br)c2[nH]c(CBr)nc12. The van der Waals surface area contributed by atoms with Gasteiger partial charge >= 0.3 is 0 Å². The van der Waals surface area contributed by atoms with Crippen molar-refractivity contribution in [3.63, 3.8) is 0 Å². The fourth-order valence-corrected chi connectivity index (χ4v) is 1.82. The van der Waals surface area contributed by atoms with Crippen LogP contribution in [0.1, 0.15) is 5.82 Å². The van der Waals surface area contributed by atoms with E-state index in [4.69, 9.17) is 0 Å². The lowest BCUT2D eigenvalue weighted by atomic mass is 10.3. The van der Waals surface area contributed by atoms with E-state index in [9.17, 15) is 4.39 Å². The molecule has 68 valence electrons. The van der Waals surface area contributed by atoms with Gasteiger partial charge in [-0.3, -0.25) is 0 Å². The van der Waals surface area contributed by atoms with Gasteiger partial charge in [0.25, 0.3) is 0 Å². The molecule has 5 heteroatoms. The van der Waals surface area contributed by atoms with Gasteiger partial charge in [0.05, 0.1) is 10.8 Å². The molecule has 0 aliphatic carbocycles.